The van der Waals surface area contributed by atoms with E-state index in [1.807, 2.05) is 18.2 Å². The van der Waals surface area contributed by atoms with Crippen molar-refractivity contribution in [2.45, 2.75) is 31.8 Å². The zero-order valence-corrected chi connectivity index (χ0v) is 15.5. The van der Waals surface area contributed by atoms with Crippen LogP contribution in [0.25, 0.3) is 11.0 Å². The highest BCUT2D eigenvalue weighted by Gasteiger charge is 2.21. The van der Waals surface area contributed by atoms with Crippen molar-refractivity contribution in [1.82, 2.24) is 19.9 Å². The normalized spacial score (nSPS) is 19.4. The molecule has 1 amide bonds. The Morgan fingerprint density at radius 2 is 2.07 bits per heavy atom. The van der Waals surface area contributed by atoms with E-state index in [4.69, 9.17) is 4.74 Å². The molecule has 5 rings (SSSR count). The summed E-state index contributed by atoms with van der Waals surface area (Å²) in [6.45, 7) is 2.70. The SMILES string of the molecule is O=C(Nc1ccc2nc(C3CCCO3)[nH]c2c1)c1cncc(N2CCCC2)n1. The molecule has 8 heteroatoms. The van der Waals surface area contributed by atoms with Crippen LogP contribution in [0.1, 0.15) is 48.1 Å². The third-order valence-corrected chi connectivity index (χ3v) is 5.28. The molecule has 0 saturated carbocycles. The lowest BCUT2D eigenvalue weighted by atomic mass is 10.2. The van der Waals surface area contributed by atoms with Gasteiger partial charge in [-0.2, -0.15) is 0 Å². The number of carbonyl (C=O) groups is 1. The molecule has 4 heterocycles. The highest BCUT2D eigenvalue weighted by Crippen LogP contribution is 2.28. The van der Waals surface area contributed by atoms with Gasteiger partial charge < -0.3 is 19.9 Å². The maximum Gasteiger partial charge on any atom is 0.275 e. The van der Waals surface area contributed by atoms with E-state index in [1.54, 1.807) is 6.20 Å². The minimum atomic E-state index is -0.272. The highest BCUT2D eigenvalue weighted by atomic mass is 16.5. The number of hydrogen-bond acceptors (Lipinski definition) is 6. The van der Waals surface area contributed by atoms with Crippen LogP contribution in [0.15, 0.2) is 30.6 Å². The monoisotopic (exact) mass is 378 g/mol. The van der Waals surface area contributed by atoms with E-state index in [9.17, 15) is 4.79 Å². The number of aromatic nitrogens is 4. The predicted octanol–water partition coefficient (Wildman–Crippen LogP) is 3.06. The van der Waals surface area contributed by atoms with Crippen molar-refractivity contribution in [1.29, 1.82) is 0 Å². The minimum absolute atomic E-state index is 0.0362. The number of nitrogens with zero attached hydrogens (tertiary/aromatic N) is 4. The van der Waals surface area contributed by atoms with Gasteiger partial charge in [0.25, 0.3) is 5.91 Å². The molecule has 8 nitrogen and oxygen atoms in total. The second-order valence-corrected chi connectivity index (χ2v) is 7.27. The molecule has 2 saturated heterocycles. The van der Waals surface area contributed by atoms with E-state index in [0.29, 0.717) is 11.4 Å². The fourth-order valence-electron chi connectivity index (χ4n) is 3.81. The van der Waals surface area contributed by atoms with Crippen LogP contribution >= 0.6 is 0 Å². The molecule has 2 aliphatic heterocycles. The first kappa shape index (κ1) is 17.1. The van der Waals surface area contributed by atoms with Crippen LogP contribution in [-0.4, -0.2) is 45.5 Å². The summed E-state index contributed by atoms with van der Waals surface area (Å²) in [4.78, 5) is 31.4. The number of nitrogens with one attached hydrogen (secondary N) is 2. The van der Waals surface area contributed by atoms with Crippen LogP contribution in [-0.2, 0) is 4.74 Å². The van der Waals surface area contributed by atoms with Gasteiger partial charge in [0.15, 0.2) is 0 Å². The molecule has 1 aromatic carbocycles. The third-order valence-electron chi connectivity index (χ3n) is 5.28. The molecule has 28 heavy (non-hydrogen) atoms. The average Bonchev–Trinajstić information content (AvgIpc) is 3.48. The third kappa shape index (κ3) is 3.31. The Labute approximate surface area is 162 Å². The Morgan fingerprint density at radius 1 is 1.18 bits per heavy atom. The van der Waals surface area contributed by atoms with Crippen LogP contribution in [0.4, 0.5) is 11.5 Å². The average molecular weight is 378 g/mol. The van der Waals surface area contributed by atoms with Gasteiger partial charge in [-0.05, 0) is 43.9 Å². The lowest BCUT2D eigenvalue weighted by Gasteiger charge is -2.16. The van der Waals surface area contributed by atoms with Gasteiger partial charge in [-0.15, -0.1) is 0 Å². The second kappa shape index (κ2) is 7.20. The first-order valence-corrected chi connectivity index (χ1v) is 9.76. The van der Waals surface area contributed by atoms with Crippen molar-refractivity contribution in [3.05, 3.63) is 42.1 Å². The van der Waals surface area contributed by atoms with Crippen LogP contribution < -0.4 is 10.2 Å². The summed E-state index contributed by atoms with van der Waals surface area (Å²) in [7, 11) is 0. The Kier molecular flexibility index (Phi) is 4.40. The van der Waals surface area contributed by atoms with Crippen molar-refractivity contribution < 1.29 is 9.53 Å². The van der Waals surface area contributed by atoms with Crippen molar-refractivity contribution in [2.24, 2.45) is 0 Å². The van der Waals surface area contributed by atoms with Gasteiger partial charge in [0.1, 0.15) is 23.4 Å². The van der Waals surface area contributed by atoms with Crippen molar-refractivity contribution >= 4 is 28.4 Å². The molecular weight excluding hydrogens is 356 g/mol. The molecule has 2 N–H and O–H groups in total. The van der Waals surface area contributed by atoms with Gasteiger partial charge in [0, 0.05) is 25.4 Å². The standard InChI is InChI=1S/C20H22N6O2/c27-20(16-11-21-12-18(23-16)26-7-1-2-8-26)22-13-5-6-14-15(10-13)25-19(24-14)17-4-3-9-28-17/h5-6,10-12,17H,1-4,7-9H2,(H,22,27)(H,24,25). The summed E-state index contributed by atoms with van der Waals surface area (Å²) in [6, 6.07) is 5.63. The number of benzene rings is 1. The number of aromatic amines is 1. The van der Waals surface area contributed by atoms with E-state index in [0.717, 1.165) is 68.1 Å². The van der Waals surface area contributed by atoms with Crippen LogP contribution in [0.2, 0.25) is 0 Å². The number of anilines is 2. The van der Waals surface area contributed by atoms with E-state index in [2.05, 4.69) is 30.2 Å². The van der Waals surface area contributed by atoms with E-state index in [1.165, 1.54) is 6.20 Å². The molecule has 2 aromatic heterocycles. The summed E-state index contributed by atoms with van der Waals surface area (Å²) in [5.74, 6) is 1.34. The van der Waals surface area contributed by atoms with Gasteiger partial charge in [-0.3, -0.25) is 9.78 Å². The summed E-state index contributed by atoms with van der Waals surface area (Å²) < 4.78 is 5.69. The van der Waals surface area contributed by atoms with Crippen molar-refractivity contribution in [2.75, 3.05) is 29.9 Å². The molecule has 0 spiro atoms. The molecule has 0 bridgehead atoms. The Balaban J connectivity index is 1.34. The molecule has 2 fully saturated rings. The number of fused-ring (bicyclic) bond motifs is 1. The summed E-state index contributed by atoms with van der Waals surface area (Å²) in [6.07, 6.45) is 7.58. The first-order valence-electron chi connectivity index (χ1n) is 9.76. The van der Waals surface area contributed by atoms with Gasteiger partial charge in [-0.25, -0.2) is 9.97 Å². The van der Waals surface area contributed by atoms with Crippen molar-refractivity contribution in [3.8, 4) is 0 Å². The smallest absolute Gasteiger partial charge is 0.275 e. The number of ether oxygens (including phenoxy) is 1. The fourth-order valence-corrected chi connectivity index (χ4v) is 3.81. The molecule has 1 atom stereocenters. The molecular formula is C20H22N6O2. The number of carbonyl (C=O) groups excluding carboxylic acids is 1. The Hall–Kier alpha value is -3.00. The lowest BCUT2D eigenvalue weighted by Crippen LogP contribution is -2.21. The number of rotatable bonds is 4. The number of hydrogen-bond donors (Lipinski definition) is 2. The number of imidazole rings is 1. The minimum Gasteiger partial charge on any atom is -0.370 e. The molecule has 0 radical (unpaired) electrons. The topological polar surface area (TPSA) is 96.0 Å². The fraction of sp³-hybridized carbons (Fsp3) is 0.400. The molecule has 2 aliphatic rings. The van der Waals surface area contributed by atoms with Crippen LogP contribution in [0, 0.1) is 0 Å². The maximum atomic E-state index is 12.7. The molecule has 0 aliphatic carbocycles. The summed E-state index contributed by atoms with van der Waals surface area (Å²) in [5, 5.41) is 2.91. The molecule has 1 unspecified atom stereocenters. The van der Waals surface area contributed by atoms with E-state index >= 15 is 0 Å². The highest BCUT2D eigenvalue weighted by molar-refractivity contribution is 6.03. The van der Waals surface area contributed by atoms with Crippen molar-refractivity contribution in [3.63, 3.8) is 0 Å². The van der Waals surface area contributed by atoms with Gasteiger partial charge in [-0.1, -0.05) is 0 Å². The largest absolute Gasteiger partial charge is 0.370 e. The Morgan fingerprint density at radius 3 is 2.89 bits per heavy atom. The van der Waals surface area contributed by atoms with Crippen LogP contribution in [0.3, 0.4) is 0 Å². The molecule has 3 aromatic rings. The summed E-state index contributed by atoms with van der Waals surface area (Å²) >= 11 is 0. The quantitative estimate of drug-likeness (QED) is 0.724. The van der Waals surface area contributed by atoms with Gasteiger partial charge in [0.05, 0.1) is 23.4 Å². The summed E-state index contributed by atoms with van der Waals surface area (Å²) in [5.41, 5.74) is 2.74. The maximum absolute atomic E-state index is 12.7. The van der Waals surface area contributed by atoms with Gasteiger partial charge in [0.2, 0.25) is 0 Å². The second-order valence-electron chi connectivity index (χ2n) is 7.27. The first-order chi connectivity index (χ1) is 13.8. The molecule has 144 valence electrons. The van der Waals surface area contributed by atoms with E-state index in [-0.39, 0.29) is 12.0 Å². The zero-order chi connectivity index (χ0) is 18.9. The number of H-pyrrole nitrogens is 1. The Bertz CT molecular complexity index is 1000. The lowest BCUT2D eigenvalue weighted by molar-refractivity contribution is 0.102. The number of amides is 1. The van der Waals surface area contributed by atoms with Gasteiger partial charge >= 0.3 is 0 Å². The van der Waals surface area contributed by atoms with Crippen LogP contribution in [0.5, 0.6) is 0 Å². The predicted molar refractivity (Wildman–Crippen MR) is 105 cm³/mol. The van der Waals surface area contributed by atoms with E-state index < -0.39 is 0 Å². The zero-order valence-electron chi connectivity index (χ0n) is 15.5.